The molecule has 0 radical (unpaired) electrons. The van der Waals surface area contributed by atoms with Crippen LogP contribution in [0.4, 0.5) is 34.1 Å². The van der Waals surface area contributed by atoms with E-state index in [4.69, 9.17) is 9.84 Å². The van der Waals surface area contributed by atoms with E-state index in [1.807, 2.05) is 18.2 Å². The number of carbonyl (C=O) groups is 3. The second-order valence-corrected chi connectivity index (χ2v) is 7.57. The molecule has 3 N–H and O–H groups in total. The van der Waals surface area contributed by atoms with Crippen molar-refractivity contribution in [1.82, 2.24) is 9.80 Å². The van der Waals surface area contributed by atoms with E-state index in [0.29, 0.717) is 10.6 Å². The number of benzene rings is 2. The summed E-state index contributed by atoms with van der Waals surface area (Å²) in [7, 11) is 0. The van der Waals surface area contributed by atoms with Crippen LogP contribution in [0.25, 0.3) is 0 Å². The maximum Gasteiger partial charge on any atom is 0.411 e. The first kappa shape index (κ1) is 24.8. The average molecular weight is 480 g/mol. The second kappa shape index (κ2) is 10.9. The Morgan fingerprint density at radius 2 is 1.68 bits per heavy atom. The average Bonchev–Trinajstić information content (AvgIpc) is 2.78. The lowest BCUT2D eigenvalue weighted by Gasteiger charge is -2.40. The van der Waals surface area contributed by atoms with Gasteiger partial charge in [-0.2, -0.15) is 13.2 Å². The van der Waals surface area contributed by atoms with Gasteiger partial charge < -0.3 is 20.1 Å². The molecule has 1 fully saturated rings. The van der Waals surface area contributed by atoms with E-state index in [0.717, 1.165) is 10.5 Å². The standard InChI is InChI=1S/C22H23F3N4O5/c23-22(24,25)18-12-29(21(32)33)10-9-28(18)13-19(30)26-16-7-4-8-17(11-16)27-20(31)34-14-15-5-2-1-3-6-15/h1-8,11,18H,9-10,12-14H2,(H,26,30)(H,27,31)(H,32,33). The van der Waals surface area contributed by atoms with Crippen LogP contribution in [0.15, 0.2) is 54.6 Å². The number of anilines is 2. The summed E-state index contributed by atoms with van der Waals surface area (Å²) in [5.74, 6) is -0.707. The highest BCUT2D eigenvalue weighted by molar-refractivity contribution is 5.93. The summed E-state index contributed by atoms with van der Waals surface area (Å²) in [6.45, 7) is -1.65. The number of piperazine rings is 1. The van der Waals surface area contributed by atoms with Gasteiger partial charge in [-0.15, -0.1) is 0 Å². The quantitative estimate of drug-likeness (QED) is 0.583. The molecule has 1 aliphatic rings. The number of nitrogens with zero attached hydrogens (tertiary/aromatic N) is 2. The molecule has 1 saturated heterocycles. The number of hydrogen-bond donors (Lipinski definition) is 3. The highest BCUT2D eigenvalue weighted by atomic mass is 19.4. The Morgan fingerprint density at radius 3 is 2.32 bits per heavy atom. The summed E-state index contributed by atoms with van der Waals surface area (Å²) in [5.41, 5.74) is 1.39. The van der Waals surface area contributed by atoms with Gasteiger partial charge in [-0.05, 0) is 23.8 Å². The van der Waals surface area contributed by atoms with Crippen molar-refractivity contribution in [3.63, 3.8) is 0 Å². The first-order valence-corrected chi connectivity index (χ1v) is 10.3. The van der Waals surface area contributed by atoms with Crippen molar-refractivity contribution >= 4 is 29.5 Å². The summed E-state index contributed by atoms with van der Waals surface area (Å²) < 4.78 is 45.3. The lowest BCUT2D eigenvalue weighted by molar-refractivity contribution is -0.194. The molecule has 1 atom stereocenters. The third-order valence-corrected chi connectivity index (χ3v) is 5.09. The molecule has 12 heteroatoms. The van der Waals surface area contributed by atoms with Crippen LogP contribution in [0.5, 0.6) is 0 Å². The van der Waals surface area contributed by atoms with Crippen LogP contribution in [0.1, 0.15) is 5.56 Å². The molecule has 0 aliphatic carbocycles. The Labute approximate surface area is 193 Å². The third-order valence-electron chi connectivity index (χ3n) is 5.09. The first-order chi connectivity index (χ1) is 16.1. The molecule has 0 spiro atoms. The van der Waals surface area contributed by atoms with Gasteiger partial charge in [-0.25, -0.2) is 9.59 Å². The second-order valence-electron chi connectivity index (χ2n) is 7.57. The lowest BCUT2D eigenvalue weighted by Crippen LogP contribution is -2.61. The molecule has 2 aromatic rings. The molecular formula is C22H23F3N4O5. The lowest BCUT2D eigenvalue weighted by atomic mass is 10.1. The smallest absolute Gasteiger partial charge is 0.411 e. The number of ether oxygens (including phenoxy) is 1. The molecule has 2 aromatic carbocycles. The largest absolute Gasteiger partial charge is 0.465 e. The molecule has 1 heterocycles. The Hall–Kier alpha value is -3.80. The summed E-state index contributed by atoms with van der Waals surface area (Å²) in [4.78, 5) is 37.0. The number of nitrogens with one attached hydrogen (secondary N) is 2. The van der Waals surface area contributed by atoms with Gasteiger partial charge in [0.2, 0.25) is 5.91 Å². The minimum absolute atomic E-state index is 0.0681. The van der Waals surface area contributed by atoms with E-state index in [-0.39, 0.29) is 25.4 Å². The molecule has 1 unspecified atom stereocenters. The number of carboxylic acid groups (broad SMARTS) is 1. The van der Waals surface area contributed by atoms with Gasteiger partial charge in [0.25, 0.3) is 0 Å². The Balaban J connectivity index is 1.55. The van der Waals surface area contributed by atoms with Crippen molar-refractivity contribution in [2.45, 2.75) is 18.8 Å². The zero-order valence-corrected chi connectivity index (χ0v) is 17.9. The number of hydrogen-bond acceptors (Lipinski definition) is 5. The molecular weight excluding hydrogens is 457 g/mol. The molecule has 34 heavy (non-hydrogen) atoms. The molecule has 9 nitrogen and oxygen atoms in total. The van der Waals surface area contributed by atoms with Crippen molar-refractivity contribution in [2.75, 3.05) is 36.8 Å². The topological polar surface area (TPSA) is 111 Å². The van der Waals surface area contributed by atoms with E-state index < -0.39 is 43.4 Å². The highest BCUT2D eigenvalue weighted by Gasteiger charge is 2.47. The predicted molar refractivity (Wildman–Crippen MR) is 116 cm³/mol. The van der Waals surface area contributed by atoms with Gasteiger partial charge in [-0.3, -0.25) is 15.0 Å². The molecule has 0 aromatic heterocycles. The zero-order chi connectivity index (χ0) is 24.7. The fraction of sp³-hybridized carbons (Fsp3) is 0.318. The SMILES string of the molecule is O=C(CN1CCN(C(=O)O)CC1C(F)(F)F)Nc1cccc(NC(=O)OCc2ccccc2)c1. The minimum atomic E-state index is -4.70. The molecule has 1 aliphatic heterocycles. The van der Waals surface area contributed by atoms with Crippen LogP contribution in [0, 0.1) is 0 Å². The predicted octanol–water partition coefficient (Wildman–Crippen LogP) is 3.60. The van der Waals surface area contributed by atoms with Gasteiger partial charge >= 0.3 is 18.4 Å². The Bertz CT molecular complexity index is 1020. The van der Waals surface area contributed by atoms with Crippen LogP contribution >= 0.6 is 0 Å². The van der Waals surface area contributed by atoms with Gasteiger partial charge in [0, 0.05) is 31.0 Å². The maximum atomic E-state index is 13.4. The number of halogens is 3. The number of amides is 3. The number of carbonyl (C=O) groups excluding carboxylic acids is 2. The molecule has 3 amide bonds. The molecule has 0 bridgehead atoms. The fourth-order valence-electron chi connectivity index (χ4n) is 3.43. The van der Waals surface area contributed by atoms with Crippen LogP contribution < -0.4 is 10.6 Å². The summed E-state index contributed by atoms with van der Waals surface area (Å²) >= 11 is 0. The van der Waals surface area contributed by atoms with Gasteiger partial charge in [0.1, 0.15) is 12.6 Å². The molecule has 182 valence electrons. The van der Waals surface area contributed by atoms with Crippen molar-refractivity contribution in [3.05, 3.63) is 60.2 Å². The summed E-state index contributed by atoms with van der Waals surface area (Å²) in [6, 6.07) is 13.0. The van der Waals surface area contributed by atoms with Crippen LogP contribution in [0.2, 0.25) is 0 Å². The number of alkyl halides is 3. The third kappa shape index (κ3) is 7.10. The Kier molecular flexibility index (Phi) is 7.95. The van der Waals surface area contributed by atoms with Crippen LogP contribution in [-0.4, -0.2) is 71.4 Å². The van der Waals surface area contributed by atoms with E-state index in [9.17, 15) is 27.6 Å². The Morgan fingerprint density at radius 1 is 1.00 bits per heavy atom. The highest BCUT2D eigenvalue weighted by Crippen LogP contribution is 2.28. The number of rotatable bonds is 6. The minimum Gasteiger partial charge on any atom is -0.465 e. The van der Waals surface area contributed by atoms with Gasteiger partial charge in [0.05, 0.1) is 6.54 Å². The van der Waals surface area contributed by atoms with Crippen molar-refractivity contribution in [2.24, 2.45) is 0 Å². The maximum absolute atomic E-state index is 13.4. The van der Waals surface area contributed by atoms with E-state index in [1.165, 1.54) is 12.1 Å². The first-order valence-electron chi connectivity index (χ1n) is 10.3. The van der Waals surface area contributed by atoms with Crippen LogP contribution in [-0.2, 0) is 16.1 Å². The molecule has 0 saturated carbocycles. The van der Waals surface area contributed by atoms with Crippen molar-refractivity contribution in [3.8, 4) is 0 Å². The van der Waals surface area contributed by atoms with Crippen LogP contribution in [0.3, 0.4) is 0 Å². The van der Waals surface area contributed by atoms with Crippen molar-refractivity contribution < 1.29 is 37.4 Å². The van der Waals surface area contributed by atoms with Gasteiger partial charge in [0.15, 0.2) is 0 Å². The monoisotopic (exact) mass is 480 g/mol. The molecule has 3 rings (SSSR count). The summed E-state index contributed by atoms with van der Waals surface area (Å²) in [5, 5.41) is 14.0. The van der Waals surface area contributed by atoms with E-state index >= 15 is 0 Å². The van der Waals surface area contributed by atoms with Gasteiger partial charge in [-0.1, -0.05) is 36.4 Å². The van der Waals surface area contributed by atoms with E-state index in [1.54, 1.807) is 24.3 Å². The van der Waals surface area contributed by atoms with Crippen molar-refractivity contribution in [1.29, 1.82) is 0 Å². The fourth-order valence-corrected chi connectivity index (χ4v) is 3.43. The zero-order valence-electron chi connectivity index (χ0n) is 17.9. The summed E-state index contributed by atoms with van der Waals surface area (Å²) in [6.07, 6.45) is -6.85. The van der Waals surface area contributed by atoms with E-state index in [2.05, 4.69) is 10.6 Å². The normalized spacial score (nSPS) is 16.6.